The molecule has 0 amide bonds. The van der Waals surface area contributed by atoms with Gasteiger partial charge >= 0.3 is 0 Å². The van der Waals surface area contributed by atoms with Crippen molar-refractivity contribution >= 4 is 31.4 Å². The minimum Gasteiger partial charge on any atom is -0.494 e. The summed E-state index contributed by atoms with van der Waals surface area (Å²) in [7, 11) is 5.58. The van der Waals surface area contributed by atoms with Crippen molar-refractivity contribution in [3.63, 3.8) is 0 Å². The van der Waals surface area contributed by atoms with Gasteiger partial charge in [-0.1, -0.05) is 101 Å². The molecule has 1 aliphatic rings. The number of nitrogens with zero attached hydrogens (tertiary/aromatic N) is 1. The van der Waals surface area contributed by atoms with Gasteiger partial charge in [0.05, 0.1) is 14.5 Å². The van der Waals surface area contributed by atoms with E-state index in [2.05, 4.69) is 80.4 Å². The van der Waals surface area contributed by atoms with Gasteiger partial charge in [-0.25, -0.2) is 0 Å². The molecule has 208 valence electrons. The Morgan fingerprint density at radius 1 is 0.800 bits per heavy atom. The number of fused-ring (bicyclic) bond motifs is 2. The average molecular weight is 534 g/mol. The topological polar surface area (TPSA) is 21.7 Å². The molecule has 0 aromatic heterocycles. The van der Waals surface area contributed by atoms with E-state index >= 15 is 0 Å². The van der Waals surface area contributed by atoms with Crippen molar-refractivity contribution in [2.45, 2.75) is 71.5 Å². The first-order chi connectivity index (χ1) is 19.6. The highest BCUT2D eigenvalue weighted by molar-refractivity contribution is 6.08. The number of benzene rings is 3. The Morgan fingerprint density at radius 3 is 2.23 bits per heavy atom. The maximum Gasteiger partial charge on any atom is 0.137 e. The lowest BCUT2D eigenvalue weighted by Crippen LogP contribution is -2.23. The van der Waals surface area contributed by atoms with Gasteiger partial charge in [-0.2, -0.15) is 0 Å². The lowest BCUT2D eigenvalue weighted by atomic mass is 9.89. The van der Waals surface area contributed by atoms with E-state index in [0.29, 0.717) is 12.4 Å². The summed E-state index contributed by atoms with van der Waals surface area (Å²) in [5, 5.41) is 1.99. The monoisotopic (exact) mass is 533 g/mol. The van der Waals surface area contributed by atoms with Gasteiger partial charge in [-0.15, -0.1) is 0 Å². The molecule has 40 heavy (non-hydrogen) atoms. The number of anilines is 1. The number of hydrogen-bond acceptors (Lipinski definition) is 3. The summed E-state index contributed by atoms with van der Waals surface area (Å²) in [6.45, 7) is 15.4. The highest BCUT2D eigenvalue weighted by Crippen LogP contribution is 2.40. The standard InChI is InChI=1S/C36H44BNO2/c1-5-38(6-2)29-20-22-33-35(26-29)40-34-25-27(3)19-21-32(34)36(33)31-18-14-13-17-30(31)28(4)39-24-16-12-10-8-7-9-11-15-23-37/h13-14,17-22,25-26H,3-12,15-16,23-24H2,1-2H3. The molecule has 3 aromatic carbocycles. The predicted octanol–water partition coefficient (Wildman–Crippen LogP) is 7.99. The third-order valence-electron chi connectivity index (χ3n) is 7.77. The Hall–Kier alpha value is -3.40. The molecule has 1 heterocycles. The van der Waals surface area contributed by atoms with E-state index in [-0.39, 0.29) is 0 Å². The molecule has 0 saturated heterocycles. The molecule has 1 aliphatic heterocycles. The molecule has 4 heteroatoms. The molecule has 0 spiro atoms. The van der Waals surface area contributed by atoms with Crippen LogP contribution < -0.4 is 20.1 Å². The predicted molar refractivity (Wildman–Crippen MR) is 172 cm³/mol. The van der Waals surface area contributed by atoms with E-state index < -0.39 is 0 Å². The summed E-state index contributed by atoms with van der Waals surface area (Å²) in [5.41, 5.74) is 5.49. The Kier molecular flexibility index (Phi) is 11.0. The smallest absolute Gasteiger partial charge is 0.137 e. The van der Waals surface area contributed by atoms with Crippen molar-refractivity contribution in [3.8, 4) is 11.5 Å². The second kappa shape index (κ2) is 14.8. The second-order valence-electron chi connectivity index (χ2n) is 10.6. The lowest BCUT2D eigenvalue weighted by molar-refractivity contribution is 0.267. The van der Waals surface area contributed by atoms with Gasteiger partial charge < -0.3 is 14.4 Å². The molecular weight excluding hydrogens is 489 g/mol. The van der Waals surface area contributed by atoms with E-state index in [1.54, 1.807) is 0 Å². The van der Waals surface area contributed by atoms with E-state index in [1.807, 2.05) is 12.1 Å². The van der Waals surface area contributed by atoms with Crippen LogP contribution in [0.5, 0.6) is 11.5 Å². The normalized spacial score (nSPS) is 11.9. The minimum atomic E-state index is 0.685. The zero-order valence-corrected chi connectivity index (χ0v) is 24.5. The van der Waals surface area contributed by atoms with Crippen molar-refractivity contribution in [2.24, 2.45) is 0 Å². The van der Waals surface area contributed by atoms with E-state index in [9.17, 15) is 0 Å². The van der Waals surface area contributed by atoms with Crippen molar-refractivity contribution in [2.75, 3.05) is 24.6 Å². The van der Waals surface area contributed by atoms with Gasteiger partial charge in [0, 0.05) is 46.8 Å². The molecule has 0 bridgehead atoms. The van der Waals surface area contributed by atoms with Crippen molar-refractivity contribution in [3.05, 3.63) is 94.4 Å². The molecule has 0 fully saturated rings. The average Bonchev–Trinajstić information content (AvgIpc) is 2.97. The first-order valence-corrected chi connectivity index (χ1v) is 15.1. The van der Waals surface area contributed by atoms with Crippen LogP contribution in [-0.4, -0.2) is 27.5 Å². The molecule has 2 radical (unpaired) electrons. The van der Waals surface area contributed by atoms with Crippen molar-refractivity contribution in [1.82, 2.24) is 0 Å². The summed E-state index contributed by atoms with van der Waals surface area (Å²) in [4.78, 5) is 2.34. The van der Waals surface area contributed by atoms with Gasteiger partial charge in [0.1, 0.15) is 17.3 Å². The zero-order chi connectivity index (χ0) is 28.3. The molecule has 3 nitrogen and oxygen atoms in total. The molecule has 0 atom stereocenters. The maximum atomic E-state index is 6.48. The van der Waals surface area contributed by atoms with E-state index in [4.69, 9.17) is 17.3 Å². The minimum absolute atomic E-state index is 0.685. The molecule has 3 aromatic rings. The van der Waals surface area contributed by atoms with Gasteiger partial charge in [-0.05, 0) is 49.2 Å². The van der Waals surface area contributed by atoms with Crippen LogP contribution in [0.25, 0.3) is 17.9 Å². The van der Waals surface area contributed by atoms with Crippen LogP contribution in [0.1, 0.15) is 81.9 Å². The summed E-state index contributed by atoms with van der Waals surface area (Å²) in [6.07, 6.45) is 10.6. The Labute approximate surface area is 242 Å². The van der Waals surface area contributed by atoms with Crippen LogP contribution in [0.2, 0.25) is 6.32 Å². The third-order valence-corrected chi connectivity index (χ3v) is 7.77. The quantitative estimate of drug-likeness (QED) is 0.0828. The van der Waals surface area contributed by atoms with Crippen molar-refractivity contribution in [1.29, 1.82) is 0 Å². The van der Waals surface area contributed by atoms with Crippen LogP contribution in [0, 0.1) is 0 Å². The lowest BCUT2D eigenvalue weighted by Gasteiger charge is -2.26. The summed E-state index contributed by atoms with van der Waals surface area (Å²) in [6, 6.07) is 21.2. The Morgan fingerprint density at radius 2 is 1.50 bits per heavy atom. The van der Waals surface area contributed by atoms with Crippen molar-refractivity contribution < 1.29 is 9.47 Å². The fourth-order valence-electron chi connectivity index (χ4n) is 5.52. The number of ether oxygens (including phenoxy) is 2. The highest BCUT2D eigenvalue weighted by Gasteiger charge is 2.23. The molecule has 0 aliphatic carbocycles. The van der Waals surface area contributed by atoms with Gasteiger partial charge in [0.15, 0.2) is 0 Å². The van der Waals surface area contributed by atoms with E-state index in [0.717, 1.165) is 82.1 Å². The SMILES string of the molecule is [B]CCCCCCCCCCOC(=C)c1ccccc1C1=c2ccc(=C)cc2Oc2cc(N(CC)CC)ccc21. The summed E-state index contributed by atoms with van der Waals surface area (Å²) < 4.78 is 12.7. The molecule has 0 saturated carbocycles. The van der Waals surface area contributed by atoms with E-state index in [1.165, 1.54) is 38.5 Å². The zero-order valence-electron chi connectivity index (χ0n) is 24.5. The number of unbranched alkanes of at least 4 members (excludes halogenated alkanes) is 7. The number of rotatable bonds is 16. The van der Waals surface area contributed by atoms with Crippen LogP contribution in [-0.2, 0) is 4.74 Å². The second-order valence-corrected chi connectivity index (χ2v) is 10.6. The first-order valence-electron chi connectivity index (χ1n) is 15.1. The largest absolute Gasteiger partial charge is 0.494 e. The van der Waals surface area contributed by atoms with Crippen LogP contribution in [0.3, 0.4) is 0 Å². The van der Waals surface area contributed by atoms with Gasteiger partial charge in [-0.3, -0.25) is 0 Å². The molecule has 0 unspecified atom stereocenters. The van der Waals surface area contributed by atoms with Crippen LogP contribution in [0.4, 0.5) is 5.69 Å². The first kappa shape index (κ1) is 29.6. The molecular formula is C36H44BNO2. The Bertz CT molecular complexity index is 1390. The van der Waals surface area contributed by atoms with Gasteiger partial charge in [0.2, 0.25) is 0 Å². The fraction of sp³-hybridized carbons (Fsp3) is 0.389. The Balaban J connectivity index is 1.55. The fourth-order valence-corrected chi connectivity index (χ4v) is 5.52. The van der Waals surface area contributed by atoms with Gasteiger partial charge in [0.25, 0.3) is 0 Å². The molecule has 0 N–H and O–H groups in total. The highest BCUT2D eigenvalue weighted by atomic mass is 16.5. The maximum absolute atomic E-state index is 6.48. The molecule has 4 rings (SSSR count). The number of hydrogen-bond donors (Lipinski definition) is 0. The summed E-state index contributed by atoms with van der Waals surface area (Å²) in [5.74, 6) is 2.41. The third kappa shape index (κ3) is 7.21. The van der Waals surface area contributed by atoms with Crippen LogP contribution in [0.15, 0.2) is 67.2 Å². The van der Waals surface area contributed by atoms with Crippen LogP contribution >= 0.6 is 0 Å². The summed E-state index contributed by atoms with van der Waals surface area (Å²) >= 11 is 0.